The Balaban J connectivity index is 0.00000201. The smallest absolute Gasteiger partial charge is 0.164 e. The van der Waals surface area contributed by atoms with Crippen LogP contribution < -0.4 is 0 Å². The van der Waals surface area contributed by atoms with Crippen molar-refractivity contribution >= 4 is 75.5 Å². The van der Waals surface area contributed by atoms with Crippen molar-refractivity contribution in [3.63, 3.8) is 0 Å². The maximum atomic E-state index is 5.35. The third-order valence-electron chi connectivity index (χ3n) is 11.8. The molecule has 0 unspecified atom stereocenters. The number of thiophene rings is 1. The first-order valence-corrected chi connectivity index (χ1v) is 21.7. The Hall–Kier alpha value is -7.08. The van der Waals surface area contributed by atoms with Crippen molar-refractivity contribution in [1.82, 2.24) is 19.9 Å². The van der Waals surface area contributed by atoms with E-state index in [0.29, 0.717) is 11.6 Å². The van der Waals surface area contributed by atoms with Crippen LogP contribution in [0.1, 0.15) is 43.6 Å². The van der Waals surface area contributed by atoms with Crippen molar-refractivity contribution in [2.45, 2.75) is 33.1 Å². The molecular weight excluding hydrogens is 749 g/mol. The second-order valence-corrected chi connectivity index (χ2v) is 16.3. The molecule has 0 N–H and O–H groups in total. The highest BCUT2D eigenvalue weighted by molar-refractivity contribution is 7.26. The van der Waals surface area contributed by atoms with E-state index >= 15 is 0 Å². The molecule has 1 aliphatic carbocycles. The molecular formula is C55H40N4S. The molecule has 11 aromatic rings. The SMILES string of the molecule is C1=C(c2nc(-c3cccc(-c4cccc(-c5ccc6c7ccccc7c7cccc8sc5c6c87)n4)c3)nc(-c3cccc4ccccc34)n2)CCCc2ccccc21.CC. The summed E-state index contributed by atoms with van der Waals surface area (Å²) >= 11 is 1.87. The minimum Gasteiger partial charge on any atom is -0.248 e. The highest BCUT2D eigenvalue weighted by atomic mass is 32.1. The zero-order valence-electron chi connectivity index (χ0n) is 33.5. The molecule has 0 atom stereocenters. The third kappa shape index (κ3) is 6.04. The van der Waals surface area contributed by atoms with Gasteiger partial charge in [0, 0.05) is 42.4 Å². The Labute approximate surface area is 352 Å². The predicted molar refractivity (Wildman–Crippen MR) is 255 cm³/mol. The zero-order chi connectivity index (χ0) is 40.2. The molecule has 0 bridgehead atoms. The second-order valence-electron chi connectivity index (χ2n) is 15.2. The van der Waals surface area contributed by atoms with E-state index in [1.54, 1.807) is 0 Å². The summed E-state index contributed by atoms with van der Waals surface area (Å²) < 4.78 is 2.59. The number of hydrogen-bond acceptors (Lipinski definition) is 5. The van der Waals surface area contributed by atoms with Gasteiger partial charge in [0.05, 0.1) is 11.4 Å². The van der Waals surface area contributed by atoms with E-state index in [2.05, 4.69) is 170 Å². The van der Waals surface area contributed by atoms with E-state index in [1.165, 1.54) is 52.8 Å². The number of aromatic nitrogens is 4. The summed E-state index contributed by atoms with van der Waals surface area (Å²) in [6.45, 7) is 4.00. The van der Waals surface area contributed by atoms with Gasteiger partial charge in [-0.25, -0.2) is 19.9 Å². The normalized spacial score (nSPS) is 12.7. The molecule has 0 saturated heterocycles. The zero-order valence-corrected chi connectivity index (χ0v) is 34.3. The van der Waals surface area contributed by atoms with E-state index in [0.717, 1.165) is 75.1 Å². The van der Waals surface area contributed by atoms with Gasteiger partial charge in [0.2, 0.25) is 0 Å². The number of hydrogen-bond donors (Lipinski definition) is 0. The van der Waals surface area contributed by atoms with E-state index in [1.807, 2.05) is 25.2 Å². The topological polar surface area (TPSA) is 51.6 Å². The van der Waals surface area contributed by atoms with Gasteiger partial charge in [-0.15, -0.1) is 11.3 Å². The van der Waals surface area contributed by atoms with Crippen LogP contribution in [0.25, 0.3) is 109 Å². The highest BCUT2D eigenvalue weighted by Crippen LogP contribution is 2.48. The number of nitrogens with zero attached hydrogens (tertiary/aromatic N) is 4. The molecule has 0 radical (unpaired) electrons. The van der Waals surface area contributed by atoms with Gasteiger partial charge < -0.3 is 0 Å². The van der Waals surface area contributed by atoms with E-state index in [-0.39, 0.29) is 0 Å². The number of allylic oxidation sites excluding steroid dienone is 1. The standard InChI is InChI=1S/C53H34N4S.C2H6/c1-2-14-34-30-36(18-7-15-32(34)12-1)51-55-52(57-53(56-51)43-24-9-16-33-13-3-4-20-38(33)43)37-19-8-17-35(31-37)45-25-11-26-46(54-45)44-29-28-42-40-22-6-5-21-39(40)41-23-10-27-47-48(41)49(42)50(44)58-47;1-2/h1-6,8-14,16-17,19-31H,7,15,18H2;1-2H3. The first-order valence-electron chi connectivity index (χ1n) is 20.9. The fourth-order valence-corrected chi connectivity index (χ4v) is 10.4. The Morgan fingerprint density at radius 3 is 2.02 bits per heavy atom. The average molecular weight is 789 g/mol. The largest absolute Gasteiger partial charge is 0.248 e. The van der Waals surface area contributed by atoms with Gasteiger partial charge >= 0.3 is 0 Å². The van der Waals surface area contributed by atoms with E-state index in [9.17, 15) is 0 Å². The molecule has 3 heterocycles. The van der Waals surface area contributed by atoms with Gasteiger partial charge in [-0.05, 0) is 98.6 Å². The number of pyridine rings is 1. The number of rotatable bonds is 5. The van der Waals surface area contributed by atoms with Gasteiger partial charge in [-0.2, -0.15) is 0 Å². The second kappa shape index (κ2) is 14.9. The van der Waals surface area contributed by atoms with Crippen LogP contribution in [0.5, 0.6) is 0 Å². The molecule has 0 fully saturated rings. The maximum absolute atomic E-state index is 5.35. The first kappa shape index (κ1) is 36.0. The molecule has 8 aromatic carbocycles. The fraction of sp³-hybridized carbons (Fsp3) is 0.0909. The number of aryl methyl sites for hydroxylation is 1. The van der Waals surface area contributed by atoms with Crippen LogP contribution in [0.3, 0.4) is 0 Å². The molecule has 0 saturated carbocycles. The van der Waals surface area contributed by atoms with Crippen molar-refractivity contribution < 1.29 is 0 Å². The average Bonchev–Trinajstić information content (AvgIpc) is 3.58. The van der Waals surface area contributed by atoms with Gasteiger partial charge in [-0.3, -0.25) is 0 Å². The maximum Gasteiger partial charge on any atom is 0.164 e. The van der Waals surface area contributed by atoms with Crippen molar-refractivity contribution in [3.05, 3.63) is 181 Å². The molecule has 3 aromatic heterocycles. The Morgan fingerprint density at radius 2 is 1.12 bits per heavy atom. The lowest BCUT2D eigenvalue weighted by molar-refractivity contribution is 0.851. The Bertz CT molecular complexity index is 3450. The van der Waals surface area contributed by atoms with Crippen LogP contribution in [0.15, 0.2) is 164 Å². The van der Waals surface area contributed by atoms with Gasteiger partial charge in [0.25, 0.3) is 0 Å². The highest BCUT2D eigenvalue weighted by Gasteiger charge is 2.21. The van der Waals surface area contributed by atoms with Crippen molar-refractivity contribution in [3.8, 4) is 45.3 Å². The summed E-state index contributed by atoms with van der Waals surface area (Å²) in [5.41, 5.74) is 9.69. The predicted octanol–water partition coefficient (Wildman–Crippen LogP) is 15.1. The summed E-state index contributed by atoms with van der Waals surface area (Å²) in [5, 5.41) is 10.2. The molecule has 0 amide bonds. The summed E-state index contributed by atoms with van der Waals surface area (Å²) in [4.78, 5) is 21.0. The lowest BCUT2D eigenvalue weighted by Gasteiger charge is -2.13. The van der Waals surface area contributed by atoms with Crippen molar-refractivity contribution in [1.29, 1.82) is 0 Å². The Kier molecular flexibility index (Phi) is 8.97. The molecule has 5 heteroatoms. The van der Waals surface area contributed by atoms with E-state index in [4.69, 9.17) is 19.9 Å². The minimum atomic E-state index is 0.650. The Morgan fingerprint density at radius 1 is 0.450 bits per heavy atom. The molecule has 12 rings (SSSR count). The summed E-state index contributed by atoms with van der Waals surface area (Å²) in [6, 6.07) is 58.4. The molecule has 60 heavy (non-hydrogen) atoms. The van der Waals surface area contributed by atoms with Crippen molar-refractivity contribution in [2.24, 2.45) is 0 Å². The van der Waals surface area contributed by atoms with Crippen LogP contribution in [0.2, 0.25) is 0 Å². The van der Waals surface area contributed by atoms with Gasteiger partial charge in [-0.1, -0.05) is 153 Å². The van der Waals surface area contributed by atoms with Crippen LogP contribution in [0.4, 0.5) is 0 Å². The lowest BCUT2D eigenvalue weighted by Crippen LogP contribution is -2.03. The fourth-order valence-electron chi connectivity index (χ4n) is 9.09. The van der Waals surface area contributed by atoms with Crippen molar-refractivity contribution in [2.75, 3.05) is 0 Å². The summed E-state index contributed by atoms with van der Waals surface area (Å²) in [6.07, 6.45) is 5.25. The minimum absolute atomic E-state index is 0.650. The number of benzene rings is 8. The quantitative estimate of drug-likeness (QED) is 0.163. The molecule has 286 valence electrons. The van der Waals surface area contributed by atoms with Crippen LogP contribution >= 0.6 is 11.3 Å². The molecule has 0 spiro atoms. The molecule has 1 aliphatic rings. The summed E-state index contributed by atoms with van der Waals surface area (Å²) in [5.74, 6) is 2.05. The molecule has 4 nitrogen and oxygen atoms in total. The van der Waals surface area contributed by atoms with Crippen LogP contribution in [0, 0.1) is 0 Å². The van der Waals surface area contributed by atoms with Gasteiger partial charge in [0.15, 0.2) is 17.5 Å². The van der Waals surface area contributed by atoms with Crippen LogP contribution in [-0.4, -0.2) is 19.9 Å². The third-order valence-corrected chi connectivity index (χ3v) is 13.0. The van der Waals surface area contributed by atoms with Crippen LogP contribution in [-0.2, 0) is 6.42 Å². The van der Waals surface area contributed by atoms with Gasteiger partial charge in [0.1, 0.15) is 0 Å². The monoisotopic (exact) mass is 788 g/mol. The summed E-state index contributed by atoms with van der Waals surface area (Å²) in [7, 11) is 0. The molecule has 0 aliphatic heterocycles. The number of fused-ring (bicyclic) bond motifs is 5. The van der Waals surface area contributed by atoms with E-state index < -0.39 is 0 Å². The first-order chi connectivity index (χ1) is 29.7. The lowest BCUT2D eigenvalue weighted by atomic mass is 9.93.